The molecule has 0 aliphatic carbocycles. The molecular weight excluding hydrogens is 324 g/mol. The minimum absolute atomic E-state index is 0.0906. The van der Waals surface area contributed by atoms with Gasteiger partial charge in [0.15, 0.2) is 0 Å². The van der Waals surface area contributed by atoms with Crippen LogP contribution in [0, 0.1) is 0 Å². The van der Waals surface area contributed by atoms with E-state index in [1.165, 1.54) is 10.5 Å². The first-order chi connectivity index (χ1) is 14.8. The molecule has 2 aromatic rings. The molecule has 1 saturated heterocycles. The van der Waals surface area contributed by atoms with Crippen molar-refractivity contribution in [2.24, 2.45) is 0 Å². The highest BCUT2D eigenvalue weighted by molar-refractivity contribution is 5.94. The largest absolute Gasteiger partial charge is 0.396 e. The molecule has 0 spiro atoms. The van der Waals surface area contributed by atoms with Crippen molar-refractivity contribution in [2.45, 2.75) is 31.7 Å². The van der Waals surface area contributed by atoms with E-state index >= 15 is 0 Å². The average molecular weight is 358 g/mol. The van der Waals surface area contributed by atoms with Crippen molar-refractivity contribution in [3.63, 3.8) is 0 Å². The molecule has 4 nitrogen and oxygen atoms in total. The van der Waals surface area contributed by atoms with E-state index in [-0.39, 0.29) is 36.8 Å². The number of hydrogen-bond acceptors (Lipinski definition) is 3. The van der Waals surface area contributed by atoms with E-state index in [1.54, 1.807) is 0 Å². The highest BCUT2D eigenvalue weighted by atomic mass is 16.3. The van der Waals surface area contributed by atoms with Crippen molar-refractivity contribution < 1.29 is 16.8 Å². The summed E-state index contributed by atoms with van der Waals surface area (Å²) in [7, 11) is 0. The number of rotatable bonds is 7. The van der Waals surface area contributed by atoms with Gasteiger partial charge in [-0.1, -0.05) is 48.5 Å². The van der Waals surface area contributed by atoms with E-state index in [1.807, 2.05) is 18.2 Å². The molecule has 2 aromatic carbocycles. The van der Waals surface area contributed by atoms with Crippen LogP contribution in [0.1, 0.15) is 31.7 Å². The zero-order valence-corrected chi connectivity index (χ0v) is 14.9. The first kappa shape index (κ1) is 13.1. The summed E-state index contributed by atoms with van der Waals surface area (Å²) in [6.07, 6.45) is 2.04. The van der Waals surface area contributed by atoms with Crippen LogP contribution in [-0.2, 0) is 11.2 Å². The number of aliphatic hydroxyl groups excluding tert-OH is 1. The van der Waals surface area contributed by atoms with Crippen molar-refractivity contribution >= 4 is 11.6 Å². The van der Waals surface area contributed by atoms with Gasteiger partial charge in [0.2, 0.25) is 5.91 Å². The van der Waals surface area contributed by atoms with E-state index in [2.05, 4.69) is 17.0 Å². The number of benzene rings is 2. The average Bonchev–Trinajstić information content (AvgIpc) is 2.79. The number of aliphatic hydroxyl groups is 1. The highest BCUT2D eigenvalue weighted by Gasteiger charge is 2.28. The van der Waals surface area contributed by atoms with Crippen LogP contribution >= 0.6 is 0 Å². The number of carbonyl (C=O) groups excluding carboxylic acids is 1. The van der Waals surface area contributed by atoms with Crippen molar-refractivity contribution in [2.75, 3.05) is 31.1 Å². The lowest BCUT2D eigenvalue weighted by Crippen LogP contribution is -2.48. The van der Waals surface area contributed by atoms with Crippen LogP contribution in [0.25, 0.3) is 0 Å². The predicted octanol–water partition coefficient (Wildman–Crippen LogP) is 3.11. The molecule has 1 aliphatic heterocycles. The number of anilines is 1. The van der Waals surface area contributed by atoms with E-state index in [0.29, 0.717) is 12.8 Å². The lowest BCUT2D eigenvalue weighted by Gasteiger charge is -2.38. The fourth-order valence-electron chi connectivity index (χ4n) is 3.42. The second kappa shape index (κ2) is 9.51. The summed E-state index contributed by atoms with van der Waals surface area (Å²) >= 11 is 0. The topological polar surface area (TPSA) is 43.8 Å². The normalized spacial score (nSPS) is 18.4. The Kier molecular flexibility index (Phi) is 4.78. The van der Waals surface area contributed by atoms with Crippen LogP contribution in [-0.4, -0.2) is 48.2 Å². The highest BCUT2D eigenvalue weighted by Crippen LogP contribution is 2.24. The predicted molar refractivity (Wildman–Crippen MR) is 105 cm³/mol. The Labute approximate surface area is 163 Å². The van der Waals surface area contributed by atoms with Gasteiger partial charge in [0, 0.05) is 31.4 Å². The molecule has 138 valence electrons. The standard InChI is InChI=1S/C22H28N2O2/c25-18-14-22(26)24(20-9-5-2-6-10-20)21-12-16-23(17-13-21)15-11-19-7-3-1-4-8-19/h1-10,21,25H,11-18H2/i2D,5D,6D,9D,10D. The van der Waals surface area contributed by atoms with Crippen LogP contribution in [0.4, 0.5) is 5.69 Å². The van der Waals surface area contributed by atoms with E-state index in [4.69, 9.17) is 6.85 Å². The fourth-order valence-corrected chi connectivity index (χ4v) is 3.42. The van der Waals surface area contributed by atoms with Gasteiger partial charge in [-0.25, -0.2) is 0 Å². The summed E-state index contributed by atoms with van der Waals surface area (Å²) in [5.74, 6) is -0.427. The van der Waals surface area contributed by atoms with Gasteiger partial charge >= 0.3 is 0 Å². The lowest BCUT2D eigenvalue weighted by atomic mass is 10.0. The Bertz CT molecular complexity index is 889. The van der Waals surface area contributed by atoms with Gasteiger partial charge in [-0.05, 0) is 36.9 Å². The molecule has 1 aliphatic rings. The smallest absolute Gasteiger partial charge is 0.229 e. The Morgan fingerprint density at radius 2 is 1.85 bits per heavy atom. The van der Waals surface area contributed by atoms with Crippen LogP contribution in [0.2, 0.25) is 0 Å². The number of amides is 1. The summed E-state index contributed by atoms with van der Waals surface area (Å²) in [5.41, 5.74) is 1.18. The number of carbonyl (C=O) groups is 1. The molecule has 0 bridgehead atoms. The minimum Gasteiger partial charge on any atom is -0.396 e. The molecule has 0 radical (unpaired) electrons. The Hall–Kier alpha value is -2.17. The Balaban J connectivity index is 1.78. The number of hydrogen-bond donors (Lipinski definition) is 1. The minimum atomic E-state index is -0.482. The summed E-state index contributed by atoms with van der Waals surface area (Å²) < 4.78 is 40.3. The van der Waals surface area contributed by atoms with Crippen LogP contribution < -0.4 is 4.90 Å². The maximum atomic E-state index is 12.9. The monoisotopic (exact) mass is 357 g/mol. The lowest BCUT2D eigenvalue weighted by molar-refractivity contribution is -0.119. The summed E-state index contributed by atoms with van der Waals surface area (Å²) in [5, 5.41) is 9.29. The quantitative estimate of drug-likeness (QED) is 0.828. The van der Waals surface area contributed by atoms with Gasteiger partial charge in [0.1, 0.15) is 0 Å². The summed E-state index contributed by atoms with van der Waals surface area (Å²) in [6.45, 7) is 2.04. The second-order valence-corrected chi connectivity index (χ2v) is 6.52. The zero-order valence-electron chi connectivity index (χ0n) is 19.9. The summed E-state index contributed by atoms with van der Waals surface area (Å²) in [4.78, 5) is 16.5. The SMILES string of the molecule is [2H]c1c([2H])c([2H])c(N(C(=O)CCO)C2CCN(CCc3ccccc3)CC2)c([2H])c1[2H]. The molecule has 3 rings (SSSR count). The first-order valence-electron chi connectivity index (χ1n) is 11.6. The maximum absolute atomic E-state index is 12.9. The maximum Gasteiger partial charge on any atom is 0.229 e. The third kappa shape index (κ3) is 4.93. The van der Waals surface area contributed by atoms with Gasteiger partial charge in [-0.15, -0.1) is 0 Å². The summed E-state index contributed by atoms with van der Waals surface area (Å²) in [6, 6.07) is 7.77. The molecule has 26 heavy (non-hydrogen) atoms. The molecule has 4 heteroatoms. The molecular formula is C22H28N2O2. The molecule has 1 heterocycles. The van der Waals surface area contributed by atoms with Gasteiger partial charge in [-0.2, -0.15) is 0 Å². The Morgan fingerprint density at radius 1 is 1.15 bits per heavy atom. The fraction of sp³-hybridized carbons (Fsp3) is 0.409. The van der Waals surface area contributed by atoms with Crippen LogP contribution in [0.15, 0.2) is 60.5 Å². The third-order valence-corrected chi connectivity index (χ3v) is 4.80. The zero-order chi connectivity index (χ0) is 22.5. The molecule has 1 fully saturated rings. The van der Waals surface area contributed by atoms with E-state index in [0.717, 1.165) is 26.1 Å². The molecule has 1 amide bonds. The van der Waals surface area contributed by atoms with Gasteiger partial charge in [0.05, 0.1) is 19.9 Å². The van der Waals surface area contributed by atoms with Crippen molar-refractivity contribution in [1.29, 1.82) is 0 Å². The van der Waals surface area contributed by atoms with Crippen molar-refractivity contribution in [3.05, 3.63) is 66.1 Å². The molecule has 0 aromatic heterocycles. The number of para-hydroxylation sites is 1. The number of likely N-dealkylation sites (tertiary alicyclic amines) is 1. The van der Waals surface area contributed by atoms with Gasteiger partial charge in [0.25, 0.3) is 0 Å². The van der Waals surface area contributed by atoms with Crippen LogP contribution in [0.3, 0.4) is 0 Å². The molecule has 0 saturated carbocycles. The molecule has 0 atom stereocenters. The van der Waals surface area contributed by atoms with Crippen molar-refractivity contribution in [1.82, 2.24) is 4.90 Å². The van der Waals surface area contributed by atoms with Crippen molar-refractivity contribution in [3.8, 4) is 0 Å². The van der Waals surface area contributed by atoms with Gasteiger partial charge in [-0.3, -0.25) is 4.79 Å². The van der Waals surface area contributed by atoms with E-state index < -0.39 is 24.0 Å². The van der Waals surface area contributed by atoms with Crippen LogP contribution in [0.5, 0.6) is 0 Å². The molecule has 1 N–H and O–H groups in total. The first-order valence-corrected chi connectivity index (χ1v) is 9.11. The second-order valence-electron chi connectivity index (χ2n) is 6.52. The Morgan fingerprint density at radius 3 is 2.50 bits per heavy atom. The number of piperidine rings is 1. The van der Waals surface area contributed by atoms with E-state index in [9.17, 15) is 9.90 Å². The number of nitrogens with zero attached hydrogens (tertiary/aromatic N) is 2. The molecule has 0 unspecified atom stereocenters. The van der Waals surface area contributed by atoms with Gasteiger partial charge < -0.3 is 14.9 Å². The third-order valence-electron chi connectivity index (χ3n) is 4.80.